The summed E-state index contributed by atoms with van der Waals surface area (Å²) in [7, 11) is 1.78. The molecule has 0 radical (unpaired) electrons. The molecule has 5 nitrogen and oxygen atoms in total. The van der Waals surface area contributed by atoms with Gasteiger partial charge >= 0.3 is 5.97 Å². The lowest BCUT2D eigenvalue weighted by Crippen LogP contribution is -2.32. The van der Waals surface area contributed by atoms with Gasteiger partial charge in [0.05, 0.1) is 0 Å². The second-order valence-corrected chi connectivity index (χ2v) is 3.40. The van der Waals surface area contributed by atoms with Crippen LogP contribution in [0, 0.1) is 11.3 Å². The van der Waals surface area contributed by atoms with Gasteiger partial charge in [-0.05, 0) is 18.6 Å². The summed E-state index contributed by atoms with van der Waals surface area (Å²) < 4.78 is 1.71. The highest BCUT2D eigenvalue weighted by Gasteiger charge is 2.10. The third-order valence-corrected chi connectivity index (χ3v) is 2.16. The molecule has 1 aromatic heterocycles. The third kappa shape index (κ3) is 2.82. The van der Waals surface area contributed by atoms with Crippen LogP contribution in [0.3, 0.4) is 0 Å². The number of nitriles is 1. The first kappa shape index (κ1) is 11.3. The topological polar surface area (TPSA) is 78.0 Å². The maximum Gasteiger partial charge on any atom is 0.320 e. The zero-order valence-corrected chi connectivity index (χ0v) is 8.69. The molecule has 0 aliphatic rings. The van der Waals surface area contributed by atoms with Crippen LogP contribution in [0.2, 0.25) is 0 Å². The molecule has 0 aliphatic heterocycles. The first-order valence-electron chi connectivity index (χ1n) is 4.56. The summed E-state index contributed by atoms with van der Waals surface area (Å²) >= 11 is 0. The van der Waals surface area contributed by atoms with Crippen molar-refractivity contribution in [1.29, 1.82) is 5.26 Å². The van der Waals surface area contributed by atoms with E-state index in [0.29, 0.717) is 12.2 Å². The number of rotatable bonds is 4. The summed E-state index contributed by atoms with van der Waals surface area (Å²) in [6.07, 6.45) is 1.81. The van der Waals surface area contributed by atoms with Crippen LogP contribution < -0.4 is 5.32 Å². The molecular weight excluding hydrogens is 194 g/mol. The summed E-state index contributed by atoms with van der Waals surface area (Å²) in [5.41, 5.74) is 1.47. The van der Waals surface area contributed by atoms with Crippen LogP contribution >= 0.6 is 0 Å². The van der Waals surface area contributed by atoms with Gasteiger partial charge in [-0.3, -0.25) is 4.79 Å². The lowest BCUT2D eigenvalue weighted by Gasteiger charge is -2.06. The molecule has 0 amide bonds. The Morgan fingerprint density at radius 2 is 2.47 bits per heavy atom. The zero-order chi connectivity index (χ0) is 11.4. The van der Waals surface area contributed by atoms with Crippen molar-refractivity contribution in [2.75, 3.05) is 0 Å². The van der Waals surface area contributed by atoms with Gasteiger partial charge < -0.3 is 15.0 Å². The molecule has 1 heterocycles. The molecular formula is C10H13N3O2. The van der Waals surface area contributed by atoms with Crippen LogP contribution in [-0.4, -0.2) is 21.7 Å². The van der Waals surface area contributed by atoms with Gasteiger partial charge in [0, 0.05) is 19.8 Å². The van der Waals surface area contributed by atoms with E-state index in [2.05, 4.69) is 5.32 Å². The fourth-order valence-electron chi connectivity index (χ4n) is 1.20. The van der Waals surface area contributed by atoms with Crippen LogP contribution in [0.1, 0.15) is 18.2 Å². The van der Waals surface area contributed by atoms with Crippen molar-refractivity contribution in [2.24, 2.45) is 7.05 Å². The minimum Gasteiger partial charge on any atom is -0.480 e. The standard InChI is InChI=1S/C10H13N3O2/c1-7(10(14)15)12-5-8-3-9(4-11)13(2)6-8/h3,6-7,12H,5H2,1-2H3,(H,14,15). The molecule has 0 aromatic carbocycles. The molecule has 1 rings (SSSR count). The normalized spacial score (nSPS) is 12.1. The van der Waals surface area contributed by atoms with Crippen molar-refractivity contribution in [2.45, 2.75) is 19.5 Å². The van der Waals surface area contributed by atoms with Gasteiger partial charge in [0.1, 0.15) is 17.8 Å². The van der Waals surface area contributed by atoms with Crippen molar-refractivity contribution < 1.29 is 9.90 Å². The average Bonchev–Trinajstić information content (AvgIpc) is 2.55. The van der Waals surface area contributed by atoms with E-state index >= 15 is 0 Å². The van der Waals surface area contributed by atoms with Crippen molar-refractivity contribution >= 4 is 5.97 Å². The Morgan fingerprint density at radius 3 is 2.93 bits per heavy atom. The molecule has 5 heteroatoms. The van der Waals surface area contributed by atoms with Gasteiger partial charge in [-0.15, -0.1) is 0 Å². The van der Waals surface area contributed by atoms with Crippen LogP contribution in [0.25, 0.3) is 0 Å². The second kappa shape index (κ2) is 4.62. The highest BCUT2D eigenvalue weighted by atomic mass is 16.4. The van der Waals surface area contributed by atoms with Crippen LogP contribution in [0.5, 0.6) is 0 Å². The Balaban J connectivity index is 2.59. The average molecular weight is 207 g/mol. The van der Waals surface area contributed by atoms with Gasteiger partial charge in [-0.25, -0.2) is 0 Å². The number of aromatic nitrogens is 1. The fraction of sp³-hybridized carbons (Fsp3) is 0.400. The molecule has 0 aliphatic carbocycles. The molecule has 0 saturated heterocycles. The Labute approximate surface area is 87.9 Å². The molecule has 2 N–H and O–H groups in total. The van der Waals surface area contributed by atoms with Gasteiger partial charge in [0.25, 0.3) is 0 Å². The summed E-state index contributed by atoms with van der Waals surface area (Å²) in [4.78, 5) is 10.5. The number of carbonyl (C=O) groups is 1. The Bertz CT molecular complexity index is 403. The molecule has 0 fully saturated rings. The predicted molar refractivity (Wildman–Crippen MR) is 54.1 cm³/mol. The number of aliphatic carboxylic acids is 1. The number of hydrogen-bond donors (Lipinski definition) is 2. The second-order valence-electron chi connectivity index (χ2n) is 3.40. The lowest BCUT2D eigenvalue weighted by molar-refractivity contribution is -0.139. The van der Waals surface area contributed by atoms with Crippen molar-refractivity contribution in [3.05, 3.63) is 23.5 Å². The van der Waals surface area contributed by atoms with Gasteiger partial charge in [0.15, 0.2) is 0 Å². The molecule has 15 heavy (non-hydrogen) atoms. The monoisotopic (exact) mass is 207 g/mol. The number of aryl methyl sites for hydroxylation is 1. The summed E-state index contributed by atoms with van der Waals surface area (Å²) in [5.74, 6) is -0.883. The van der Waals surface area contributed by atoms with Gasteiger partial charge in [-0.1, -0.05) is 0 Å². The van der Waals surface area contributed by atoms with E-state index in [1.807, 2.05) is 6.07 Å². The quantitative estimate of drug-likeness (QED) is 0.751. The highest BCUT2D eigenvalue weighted by molar-refractivity contribution is 5.72. The smallest absolute Gasteiger partial charge is 0.320 e. The highest BCUT2D eigenvalue weighted by Crippen LogP contribution is 2.05. The first-order valence-corrected chi connectivity index (χ1v) is 4.56. The van der Waals surface area contributed by atoms with E-state index in [4.69, 9.17) is 10.4 Å². The fourth-order valence-corrected chi connectivity index (χ4v) is 1.20. The molecule has 0 saturated carbocycles. The summed E-state index contributed by atoms with van der Waals surface area (Å²) in [6, 6.07) is 3.20. The number of hydrogen-bond acceptors (Lipinski definition) is 3. The number of carboxylic acid groups (broad SMARTS) is 1. The third-order valence-electron chi connectivity index (χ3n) is 2.16. The molecule has 1 unspecified atom stereocenters. The molecule has 80 valence electrons. The summed E-state index contributed by atoms with van der Waals surface area (Å²) in [6.45, 7) is 2.03. The number of carboxylic acids is 1. The minimum absolute atomic E-state index is 0.447. The lowest BCUT2D eigenvalue weighted by atomic mass is 10.3. The van der Waals surface area contributed by atoms with Crippen LogP contribution in [0.15, 0.2) is 12.3 Å². The zero-order valence-electron chi connectivity index (χ0n) is 8.69. The number of nitrogens with zero attached hydrogens (tertiary/aromatic N) is 2. The molecule has 0 bridgehead atoms. The van der Waals surface area contributed by atoms with E-state index in [0.717, 1.165) is 5.56 Å². The maximum absolute atomic E-state index is 10.5. The Kier molecular flexibility index (Phi) is 3.47. The SMILES string of the molecule is CC(NCc1cc(C#N)n(C)c1)C(=O)O. The molecule has 0 spiro atoms. The van der Waals surface area contributed by atoms with Gasteiger partial charge in [0.2, 0.25) is 0 Å². The predicted octanol–water partition coefficient (Wildman–Crippen LogP) is 0.459. The molecule has 1 atom stereocenters. The van der Waals surface area contributed by atoms with Crippen molar-refractivity contribution in [1.82, 2.24) is 9.88 Å². The Hall–Kier alpha value is -1.80. The minimum atomic E-state index is -0.883. The van der Waals surface area contributed by atoms with Crippen LogP contribution in [0.4, 0.5) is 0 Å². The Morgan fingerprint density at radius 1 is 1.80 bits per heavy atom. The maximum atomic E-state index is 10.5. The van der Waals surface area contributed by atoms with E-state index in [1.54, 1.807) is 30.8 Å². The van der Waals surface area contributed by atoms with E-state index < -0.39 is 12.0 Å². The first-order chi connectivity index (χ1) is 7.04. The number of nitrogens with one attached hydrogen (secondary N) is 1. The van der Waals surface area contributed by atoms with E-state index in [9.17, 15) is 4.79 Å². The molecule has 1 aromatic rings. The van der Waals surface area contributed by atoms with Crippen LogP contribution in [-0.2, 0) is 18.4 Å². The largest absolute Gasteiger partial charge is 0.480 e. The van der Waals surface area contributed by atoms with Crippen molar-refractivity contribution in [3.8, 4) is 6.07 Å². The van der Waals surface area contributed by atoms with Crippen molar-refractivity contribution in [3.63, 3.8) is 0 Å². The van der Waals surface area contributed by atoms with Gasteiger partial charge in [-0.2, -0.15) is 5.26 Å². The van der Waals surface area contributed by atoms with E-state index in [1.165, 1.54) is 0 Å². The van der Waals surface area contributed by atoms with E-state index in [-0.39, 0.29) is 0 Å². The summed E-state index contributed by atoms with van der Waals surface area (Å²) in [5, 5.41) is 20.2.